The molecule has 0 amide bonds. The summed E-state index contributed by atoms with van der Waals surface area (Å²) in [5.74, 6) is 3.21. The highest BCUT2D eigenvalue weighted by Gasteiger charge is 2.62. The van der Waals surface area contributed by atoms with E-state index in [1.807, 2.05) is 11.3 Å². The Balaban J connectivity index is 1.18. The fraction of sp³-hybridized carbons (Fsp3) is 0.192. The van der Waals surface area contributed by atoms with Crippen molar-refractivity contribution >= 4 is 63.8 Å². The van der Waals surface area contributed by atoms with Crippen LogP contribution in [0.25, 0.3) is 85.9 Å². The van der Waals surface area contributed by atoms with Crippen molar-refractivity contribution in [2.75, 3.05) is 0 Å². The van der Waals surface area contributed by atoms with Crippen LogP contribution in [-0.2, 0) is 5.41 Å². The number of fused-ring (bicyclic) bond motifs is 9. The Morgan fingerprint density at radius 2 is 0.981 bits per heavy atom. The molecule has 1 spiro atoms. The average Bonchev–Trinajstić information content (AvgIpc) is 3.71. The van der Waals surface area contributed by atoms with Gasteiger partial charge in [0.1, 0.15) is 0 Å². The number of hydrogen-bond acceptors (Lipinski definition) is 1. The standard InChI is InChI=1S/C52H38S/c1-2-12-36-32(11-1)28-44-37-13-7-9-19-45(37)52(34-24-30-23-31(26-34)27-35(52)25-30)51(44)50(36)49-42-17-5-3-15-40(42)48(41-16-4-6-18-43(41)49)33-21-22-39-38-14-8-10-20-46(38)53-47(39)29-33/h1-22,28-31,34-35H,23-27H2. The minimum absolute atomic E-state index is 0.0613. The molecule has 8 aromatic carbocycles. The van der Waals surface area contributed by atoms with Gasteiger partial charge < -0.3 is 0 Å². The summed E-state index contributed by atoms with van der Waals surface area (Å²) >= 11 is 1.91. The summed E-state index contributed by atoms with van der Waals surface area (Å²) in [6.07, 6.45) is 6.99. The molecule has 4 bridgehead atoms. The van der Waals surface area contributed by atoms with Crippen LogP contribution in [-0.4, -0.2) is 0 Å². The highest BCUT2D eigenvalue weighted by Crippen LogP contribution is 2.71. The molecular weight excluding hydrogens is 657 g/mol. The molecule has 1 heterocycles. The maximum Gasteiger partial charge on any atom is 0.0361 e. The van der Waals surface area contributed by atoms with Crippen LogP contribution in [0.3, 0.4) is 0 Å². The molecule has 5 aliphatic rings. The van der Waals surface area contributed by atoms with Gasteiger partial charge in [-0.05, 0) is 151 Å². The lowest BCUT2D eigenvalue weighted by Crippen LogP contribution is -2.55. The van der Waals surface area contributed by atoms with Crippen molar-refractivity contribution in [3.63, 3.8) is 0 Å². The second kappa shape index (κ2) is 10.5. The lowest BCUT2D eigenvalue weighted by atomic mass is 9.42. The summed E-state index contributed by atoms with van der Waals surface area (Å²) < 4.78 is 2.71. The van der Waals surface area contributed by atoms with E-state index in [-0.39, 0.29) is 5.41 Å². The first-order chi connectivity index (χ1) is 26.3. The van der Waals surface area contributed by atoms with E-state index in [4.69, 9.17) is 0 Å². The molecule has 0 radical (unpaired) electrons. The van der Waals surface area contributed by atoms with Gasteiger partial charge in [0.15, 0.2) is 0 Å². The third kappa shape index (κ3) is 3.72. The molecule has 0 saturated heterocycles. The van der Waals surface area contributed by atoms with E-state index in [9.17, 15) is 0 Å². The molecule has 1 heteroatoms. The van der Waals surface area contributed by atoms with Gasteiger partial charge in [-0.2, -0.15) is 0 Å². The van der Waals surface area contributed by atoms with Gasteiger partial charge in [-0.3, -0.25) is 0 Å². The van der Waals surface area contributed by atoms with Crippen molar-refractivity contribution < 1.29 is 0 Å². The second-order valence-electron chi connectivity index (χ2n) is 16.8. The Hall–Kier alpha value is -5.24. The predicted molar refractivity (Wildman–Crippen MR) is 226 cm³/mol. The Morgan fingerprint density at radius 1 is 0.415 bits per heavy atom. The maximum atomic E-state index is 2.58. The Labute approximate surface area is 313 Å². The summed E-state index contributed by atoms with van der Waals surface area (Å²) in [5, 5.41) is 10.9. The molecule has 0 unspecified atom stereocenters. The molecule has 0 nitrogen and oxygen atoms in total. The average molecular weight is 695 g/mol. The van der Waals surface area contributed by atoms with Crippen molar-refractivity contribution in [1.29, 1.82) is 0 Å². The summed E-state index contributed by atoms with van der Waals surface area (Å²) in [6.45, 7) is 0. The SMILES string of the molecule is c1ccc2c(c1)-c1cc3ccccc3c(-c3c4ccccc4c(-c4ccc5c(c4)sc4ccccc45)c4ccccc34)c1C21C2CC3CC(C2)CC1C3. The first-order valence-corrected chi connectivity index (χ1v) is 20.6. The Kier molecular flexibility index (Phi) is 5.77. The van der Waals surface area contributed by atoms with Crippen molar-refractivity contribution in [2.24, 2.45) is 23.7 Å². The van der Waals surface area contributed by atoms with Gasteiger partial charge in [-0.15, -0.1) is 11.3 Å². The highest BCUT2D eigenvalue weighted by molar-refractivity contribution is 7.25. The monoisotopic (exact) mass is 694 g/mol. The first-order valence-electron chi connectivity index (χ1n) is 19.8. The van der Waals surface area contributed by atoms with Gasteiger partial charge in [0.25, 0.3) is 0 Å². The Bertz CT molecular complexity index is 2940. The summed E-state index contributed by atoms with van der Waals surface area (Å²) in [7, 11) is 0. The van der Waals surface area contributed by atoms with Gasteiger partial charge in [0, 0.05) is 25.6 Å². The summed E-state index contributed by atoms with van der Waals surface area (Å²) in [6, 6.07) is 56.3. The zero-order valence-corrected chi connectivity index (χ0v) is 30.4. The van der Waals surface area contributed by atoms with Crippen molar-refractivity contribution in [3.8, 4) is 33.4 Å². The number of thiophene rings is 1. The third-order valence-electron chi connectivity index (χ3n) is 14.4. The van der Waals surface area contributed by atoms with E-state index in [2.05, 4.69) is 146 Å². The normalized spacial score (nSPS) is 23.9. The number of benzene rings is 8. The van der Waals surface area contributed by atoms with Crippen LogP contribution in [0.15, 0.2) is 146 Å². The molecule has 252 valence electrons. The van der Waals surface area contributed by atoms with Crippen molar-refractivity contribution in [2.45, 2.75) is 37.5 Å². The lowest BCUT2D eigenvalue weighted by Gasteiger charge is -2.61. The Morgan fingerprint density at radius 3 is 1.70 bits per heavy atom. The fourth-order valence-corrected chi connectivity index (χ4v) is 14.0. The molecule has 0 N–H and O–H groups in total. The minimum atomic E-state index is 0.0613. The first kappa shape index (κ1) is 29.2. The van der Waals surface area contributed by atoms with Gasteiger partial charge in [-0.1, -0.05) is 127 Å². The summed E-state index contributed by atoms with van der Waals surface area (Å²) in [5.41, 5.74) is 11.9. The highest BCUT2D eigenvalue weighted by atomic mass is 32.1. The topological polar surface area (TPSA) is 0 Å². The van der Waals surface area contributed by atoms with Crippen LogP contribution in [0.4, 0.5) is 0 Å². The molecule has 4 fully saturated rings. The largest absolute Gasteiger partial charge is 0.135 e. The molecule has 1 aromatic heterocycles. The van der Waals surface area contributed by atoms with E-state index >= 15 is 0 Å². The smallest absolute Gasteiger partial charge is 0.0361 e. The minimum Gasteiger partial charge on any atom is -0.135 e. The van der Waals surface area contributed by atoms with Crippen LogP contribution in [0.5, 0.6) is 0 Å². The summed E-state index contributed by atoms with van der Waals surface area (Å²) in [4.78, 5) is 0. The van der Waals surface area contributed by atoms with Crippen molar-refractivity contribution in [3.05, 3.63) is 157 Å². The van der Waals surface area contributed by atoms with E-state index in [0.29, 0.717) is 11.8 Å². The van der Waals surface area contributed by atoms with Crippen LogP contribution < -0.4 is 0 Å². The van der Waals surface area contributed by atoms with E-state index in [0.717, 1.165) is 11.8 Å². The molecule has 0 atom stereocenters. The van der Waals surface area contributed by atoms with Crippen LogP contribution in [0.1, 0.15) is 43.2 Å². The van der Waals surface area contributed by atoms with E-state index in [1.54, 1.807) is 11.1 Å². The van der Waals surface area contributed by atoms with Gasteiger partial charge in [0.05, 0.1) is 0 Å². The molecule has 14 rings (SSSR count). The molecule has 4 saturated carbocycles. The van der Waals surface area contributed by atoms with Crippen LogP contribution >= 0.6 is 11.3 Å². The fourth-order valence-electron chi connectivity index (χ4n) is 12.8. The zero-order chi connectivity index (χ0) is 34.4. The second-order valence-corrected chi connectivity index (χ2v) is 17.8. The lowest BCUT2D eigenvalue weighted by molar-refractivity contribution is -0.0396. The predicted octanol–water partition coefficient (Wildman–Crippen LogP) is 14.6. The van der Waals surface area contributed by atoms with E-state index < -0.39 is 0 Å². The number of rotatable bonds is 2. The maximum absolute atomic E-state index is 2.58. The van der Waals surface area contributed by atoms with Gasteiger partial charge in [-0.25, -0.2) is 0 Å². The molecule has 0 aliphatic heterocycles. The molecule has 5 aliphatic carbocycles. The molecule has 53 heavy (non-hydrogen) atoms. The third-order valence-corrected chi connectivity index (χ3v) is 15.5. The zero-order valence-electron chi connectivity index (χ0n) is 29.6. The quantitative estimate of drug-likeness (QED) is 0.158. The van der Waals surface area contributed by atoms with E-state index in [1.165, 1.54) is 118 Å². The van der Waals surface area contributed by atoms with Crippen LogP contribution in [0.2, 0.25) is 0 Å². The van der Waals surface area contributed by atoms with Gasteiger partial charge >= 0.3 is 0 Å². The van der Waals surface area contributed by atoms with Gasteiger partial charge in [0.2, 0.25) is 0 Å². The number of hydrogen-bond donors (Lipinski definition) is 0. The van der Waals surface area contributed by atoms with Crippen LogP contribution in [0, 0.1) is 23.7 Å². The van der Waals surface area contributed by atoms with Crippen molar-refractivity contribution in [1.82, 2.24) is 0 Å². The molecule has 9 aromatic rings. The molecular formula is C52H38S.